The Kier molecular flexibility index (Phi) is 6.71. The maximum atomic E-state index is 12.6. The molecule has 21 heavy (non-hydrogen) atoms. The van der Waals surface area contributed by atoms with Gasteiger partial charge in [-0.3, -0.25) is 4.79 Å². The molecule has 116 valence electrons. The van der Waals surface area contributed by atoms with E-state index in [2.05, 4.69) is 28.2 Å². The molecular weight excluding hydrogens is 328 g/mol. The van der Waals surface area contributed by atoms with Crippen LogP contribution in [-0.2, 0) is 11.2 Å². The highest BCUT2D eigenvalue weighted by molar-refractivity contribution is 9.10. The topological polar surface area (TPSA) is 32.3 Å². The summed E-state index contributed by atoms with van der Waals surface area (Å²) in [4.78, 5) is 14.6. The Hall–Kier alpha value is -0.870. The molecule has 1 aromatic carbocycles. The Morgan fingerprint density at radius 1 is 1.43 bits per heavy atom. The zero-order chi connectivity index (χ0) is 15.1. The van der Waals surface area contributed by atoms with E-state index >= 15 is 0 Å². The zero-order valence-corrected chi connectivity index (χ0v) is 14.4. The summed E-state index contributed by atoms with van der Waals surface area (Å²) in [6.45, 7) is 4.92. The van der Waals surface area contributed by atoms with Crippen LogP contribution in [0, 0.1) is 0 Å². The number of halogens is 1. The summed E-state index contributed by atoms with van der Waals surface area (Å²) >= 11 is 3.46. The SMILES string of the molecule is CCCN(CC1CCCCN1)C(=O)Cc1cccc(Br)c1. The molecule has 1 N–H and O–H groups in total. The predicted octanol–water partition coefficient (Wildman–Crippen LogP) is 3.37. The van der Waals surface area contributed by atoms with E-state index in [1.807, 2.05) is 29.2 Å². The van der Waals surface area contributed by atoms with Gasteiger partial charge in [0.1, 0.15) is 0 Å². The predicted molar refractivity (Wildman–Crippen MR) is 90.4 cm³/mol. The third-order valence-electron chi connectivity index (χ3n) is 3.94. The number of piperidine rings is 1. The molecule has 0 spiro atoms. The van der Waals surface area contributed by atoms with Crippen LogP contribution in [0.3, 0.4) is 0 Å². The van der Waals surface area contributed by atoms with Crippen molar-refractivity contribution in [2.24, 2.45) is 0 Å². The Morgan fingerprint density at radius 2 is 2.29 bits per heavy atom. The standard InChI is InChI=1S/C17H25BrN2O/c1-2-10-20(13-16-8-3-4-9-19-16)17(21)12-14-6-5-7-15(18)11-14/h5-7,11,16,19H,2-4,8-10,12-13H2,1H3. The molecule has 3 nitrogen and oxygen atoms in total. The molecule has 0 radical (unpaired) electrons. The van der Waals surface area contributed by atoms with Gasteiger partial charge < -0.3 is 10.2 Å². The summed E-state index contributed by atoms with van der Waals surface area (Å²) in [6, 6.07) is 8.49. The summed E-state index contributed by atoms with van der Waals surface area (Å²) < 4.78 is 1.03. The lowest BCUT2D eigenvalue weighted by molar-refractivity contribution is -0.131. The van der Waals surface area contributed by atoms with Crippen molar-refractivity contribution in [2.75, 3.05) is 19.6 Å². The van der Waals surface area contributed by atoms with Gasteiger partial charge in [0.05, 0.1) is 6.42 Å². The van der Waals surface area contributed by atoms with Crippen molar-refractivity contribution in [3.63, 3.8) is 0 Å². The molecule has 0 saturated carbocycles. The summed E-state index contributed by atoms with van der Waals surface area (Å²) in [6.07, 6.45) is 5.22. The molecule has 1 unspecified atom stereocenters. The van der Waals surface area contributed by atoms with E-state index in [-0.39, 0.29) is 5.91 Å². The van der Waals surface area contributed by atoms with Crippen molar-refractivity contribution < 1.29 is 4.79 Å². The molecule has 2 rings (SSSR count). The van der Waals surface area contributed by atoms with Crippen LogP contribution in [0.4, 0.5) is 0 Å². The molecule has 1 atom stereocenters. The average Bonchev–Trinajstić information content (AvgIpc) is 2.48. The lowest BCUT2D eigenvalue weighted by Gasteiger charge is -2.30. The molecule has 1 saturated heterocycles. The summed E-state index contributed by atoms with van der Waals surface area (Å²) in [5.41, 5.74) is 1.08. The highest BCUT2D eigenvalue weighted by atomic mass is 79.9. The first-order valence-corrected chi connectivity index (χ1v) is 8.74. The van der Waals surface area contributed by atoms with Crippen LogP contribution < -0.4 is 5.32 Å². The van der Waals surface area contributed by atoms with E-state index in [1.165, 1.54) is 19.3 Å². The van der Waals surface area contributed by atoms with Crippen LogP contribution in [-0.4, -0.2) is 36.5 Å². The third-order valence-corrected chi connectivity index (χ3v) is 4.44. The van der Waals surface area contributed by atoms with Crippen LogP contribution in [0.15, 0.2) is 28.7 Å². The second-order valence-corrected chi connectivity index (χ2v) is 6.71. The minimum Gasteiger partial charge on any atom is -0.341 e. The molecule has 1 amide bonds. The van der Waals surface area contributed by atoms with Crippen LogP contribution in [0.25, 0.3) is 0 Å². The largest absolute Gasteiger partial charge is 0.341 e. The van der Waals surface area contributed by atoms with Gasteiger partial charge in [0.25, 0.3) is 0 Å². The molecule has 1 heterocycles. The molecule has 0 bridgehead atoms. The Labute approximate surface area is 136 Å². The monoisotopic (exact) mass is 352 g/mol. The average molecular weight is 353 g/mol. The number of nitrogens with one attached hydrogen (secondary N) is 1. The highest BCUT2D eigenvalue weighted by Crippen LogP contribution is 2.14. The molecule has 1 aromatic rings. The van der Waals surface area contributed by atoms with Crippen LogP contribution in [0.5, 0.6) is 0 Å². The van der Waals surface area contributed by atoms with Crippen LogP contribution >= 0.6 is 15.9 Å². The van der Waals surface area contributed by atoms with Crippen molar-refractivity contribution >= 4 is 21.8 Å². The first-order chi connectivity index (χ1) is 10.2. The second-order valence-electron chi connectivity index (χ2n) is 5.79. The summed E-state index contributed by atoms with van der Waals surface area (Å²) in [7, 11) is 0. The van der Waals surface area contributed by atoms with E-state index in [9.17, 15) is 4.79 Å². The molecule has 1 fully saturated rings. The maximum absolute atomic E-state index is 12.6. The summed E-state index contributed by atoms with van der Waals surface area (Å²) in [5.74, 6) is 0.238. The molecular formula is C17H25BrN2O. The number of nitrogens with zero attached hydrogens (tertiary/aromatic N) is 1. The van der Waals surface area contributed by atoms with Crippen molar-refractivity contribution in [3.8, 4) is 0 Å². The van der Waals surface area contributed by atoms with Gasteiger partial charge in [-0.1, -0.05) is 41.4 Å². The van der Waals surface area contributed by atoms with Gasteiger partial charge in [-0.15, -0.1) is 0 Å². The first kappa shape index (κ1) is 16.5. The van der Waals surface area contributed by atoms with Crippen LogP contribution in [0.1, 0.15) is 38.2 Å². The molecule has 1 aliphatic heterocycles. The molecule has 1 aliphatic rings. The third kappa shape index (κ3) is 5.44. The van der Waals surface area contributed by atoms with Crippen molar-refractivity contribution in [1.29, 1.82) is 0 Å². The second kappa shape index (κ2) is 8.54. The lowest BCUT2D eigenvalue weighted by atomic mass is 10.0. The number of carbonyl (C=O) groups is 1. The fraction of sp³-hybridized carbons (Fsp3) is 0.588. The Balaban J connectivity index is 1.94. The van der Waals surface area contributed by atoms with Gasteiger partial charge in [-0.05, 0) is 43.5 Å². The number of benzene rings is 1. The molecule has 0 aromatic heterocycles. The quantitative estimate of drug-likeness (QED) is 0.851. The van der Waals surface area contributed by atoms with Gasteiger partial charge in [-0.2, -0.15) is 0 Å². The number of hydrogen-bond acceptors (Lipinski definition) is 2. The fourth-order valence-corrected chi connectivity index (χ4v) is 3.31. The summed E-state index contributed by atoms with van der Waals surface area (Å²) in [5, 5.41) is 3.53. The maximum Gasteiger partial charge on any atom is 0.227 e. The Bertz CT molecular complexity index is 458. The number of carbonyl (C=O) groups excluding carboxylic acids is 1. The van der Waals surface area contributed by atoms with E-state index < -0.39 is 0 Å². The van der Waals surface area contributed by atoms with Crippen LogP contribution in [0.2, 0.25) is 0 Å². The van der Waals surface area contributed by atoms with E-state index in [0.29, 0.717) is 12.5 Å². The molecule has 4 heteroatoms. The first-order valence-electron chi connectivity index (χ1n) is 7.94. The van der Waals surface area contributed by atoms with Gasteiger partial charge in [0.2, 0.25) is 5.91 Å². The fourth-order valence-electron chi connectivity index (χ4n) is 2.87. The van der Waals surface area contributed by atoms with E-state index in [1.54, 1.807) is 0 Å². The van der Waals surface area contributed by atoms with E-state index in [4.69, 9.17) is 0 Å². The minimum absolute atomic E-state index is 0.238. The molecule has 0 aliphatic carbocycles. The normalized spacial score (nSPS) is 18.5. The number of hydrogen-bond donors (Lipinski definition) is 1. The van der Waals surface area contributed by atoms with E-state index in [0.717, 1.165) is 36.1 Å². The number of rotatable bonds is 6. The van der Waals surface area contributed by atoms with Crippen molar-refractivity contribution in [2.45, 2.75) is 45.1 Å². The van der Waals surface area contributed by atoms with Gasteiger partial charge in [0.15, 0.2) is 0 Å². The number of amides is 1. The van der Waals surface area contributed by atoms with Gasteiger partial charge in [-0.25, -0.2) is 0 Å². The van der Waals surface area contributed by atoms with Crippen molar-refractivity contribution in [3.05, 3.63) is 34.3 Å². The zero-order valence-electron chi connectivity index (χ0n) is 12.8. The lowest BCUT2D eigenvalue weighted by Crippen LogP contribution is -2.46. The van der Waals surface area contributed by atoms with Gasteiger partial charge >= 0.3 is 0 Å². The minimum atomic E-state index is 0.238. The smallest absolute Gasteiger partial charge is 0.227 e. The van der Waals surface area contributed by atoms with Crippen molar-refractivity contribution in [1.82, 2.24) is 10.2 Å². The van der Waals surface area contributed by atoms with Gasteiger partial charge in [0, 0.05) is 23.6 Å². The highest BCUT2D eigenvalue weighted by Gasteiger charge is 2.20. The Morgan fingerprint density at radius 3 is 2.95 bits per heavy atom.